The van der Waals surface area contributed by atoms with Crippen LogP contribution < -0.4 is 22.1 Å². The summed E-state index contributed by atoms with van der Waals surface area (Å²) in [5, 5.41) is 21.0. The van der Waals surface area contributed by atoms with Crippen molar-refractivity contribution in [3.63, 3.8) is 0 Å². The molecule has 0 bridgehead atoms. The SMILES string of the molecule is C.C.CC(C)CCCC(=O)O.CCCN.CCCN.CCCNC(=O)CCCC(C)C.CCCNC(=O)CCCC(C)C.CO.COC(=O)CCCC(C)C.O. The maximum Gasteiger partial charge on any atom is 0.305 e. The maximum absolute atomic E-state index is 11.1. The van der Waals surface area contributed by atoms with Gasteiger partial charge >= 0.3 is 11.9 Å². The first-order chi connectivity index (χ1) is 24.9. The number of nitrogens with two attached hydrogens (primary N) is 2. The zero-order valence-corrected chi connectivity index (χ0v) is 38.0. The van der Waals surface area contributed by atoms with Gasteiger partial charge in [-0.15, -0.1) is 0 Å². The molecule has 0 aromatic heterocycles. The Bertz CT molecular complexity index is 685. The molecular formula is C44H104N4O8. The van der Waals surface area contributed by atoms with Crippen molar-refractivity contribution in [3.8, 4) is 0 Å². The van der Waals surface area contributed by atoms with E-state index < -0.39 is 5.97 Å². The second kappa shape index (κ2) is 70.5. The highest BCUT2D eigenvalue weighted by atomic mass is 16.5. The van der Waals surface area contributed by atoms with E-state index in [1.165, 1.54) is 7.11 Å². The number of hydrogen-bond acceptors (Lipinski definition) is 8. The number of carboxylic acids is 1. The van der Waals surface area contributed by atoms with Gasteiger partial charge in [0.05, 0.1) is 7.11 Å². The molecule has 2 amide bonds. The molecule has 12 heteroatoms. The van der Waals surface area contributed by atoms with Crippen LogP contribution in [0.1, 0.15) is 201 Å². The summed E-state index contributed by atoms with van der Waals surface area (Å²) in [5.41, 5.74) is 10.1. The Kier molecular flexibility index (Phi) is 98.4. The Morgan fingerprint density at radius 3 is 0.982 bits per heavy atom. The normalized spacial score (nSPS) is 9.02. The summed E-state index contributed by atoms with van der Waals surface area (Å²) < 4.78 is 4.49. The number of carboxylic acid groups (broad SMARTS) is 1. The second-order valence-electron chi connectivity index (χ2n) is 14.4. The number of aliphatic carboxylic acids is 1. The predicted octanol–water partition coefficient (Wildman–Crippen LogP) is 9.33. The van der Waals surface area contributed by atoms with E-state index >= 15 is 0 Å². The summed E-state index contributed by atoms with van der Waals surface area (Å²) in [7, 11) is 2.43. The highest BCUT2D eigenvalue weighted by molar-refractivity contribution is 5.76. The highest BCUT2D eigenvalue weighted by Crippen LogP contribution is 2.07. The van der Waals surface area contributed by atoms with Crippen molar-refractivity contribution in [1.29, 1.82) is 0 Å². The molecule has 0 aliphatic heterocycles. The van der Waals surface area contributed by atoms with E-state index in [1.807, 2.05) is 0 Å². The lowest BCUT2D eigenvalue weighted by molar-refractivity contribution is -0.141. The molecule has 0 aliphatic carbocycles. The first kappa shape index (κ1) is 78.1. The largest absolute Gasteiger partial charge is 0.481 e. The molecule has 0 aromatic rings. The average Bonchev–Trinajstić information content (AvgIpc) is 3.10. The van der Waals surface area contributed by atoms with Crippen LogP contribution in [0.4, 0.5) is 0 Å². The number of ether oxygens (including phenoxy) is 1. The van der Waals surface area contributed by atoms with Gasteiger partial charge in [0.1, 0.15) is 0 Å². The lowest BCUT2D eigenvalue weighted by Gasteiger charge is -2.04. The van der Waals surface area contributed by atoms with Crippen molar-refractivity contribution < 1.29 is 39.6 Å². The molecule has 0 fully saturated rings. The van der Waals surface area contributed by atoms with Gasteiger partial charge in [-0.2, -0.15) is 0 Å². The van der Waals surface area contributed by atoms with E-state index in [0.29, 0.717) is 49.4 Å². The summed E-state index contributed by atoms with van der Waals surface area (Å²) >= 11 is 0. The fraction of sp³-hybridized carbons (Fsp3) is 0.909. The van der Waals surface area contributed by atoms with Crippen LogP contribution in [-0.2, 0) is 23.9 Å². The van der Waals surface area contributed by atoms with Gasteiger partial charge in [-0.05, 0) is 88.1 Å². The van der Waals surface area contributed by atoms with Gasteiger partial charge in [0.2, 0.25) is 11.8 Å². The number of nitrogens with one attached hydrogen (secondary N) is 2. The number of carbonyl (C=O) groups is 4. The van der Waals surface area contributed by atoms with Gasteiger partial charge in [-0.25, -0.2) is 0 Å². The van der Waals surface area contributed by atoms with Crippen LogP contribution in [0, 0.1) is 23.7 Å². The van der Waals surface area contributed by atoms with E-state index in [4.69, 9.17) is 21.7 Å². The summed E-state index contributed by atoms with van der Waals surface area (Å²) in [5.74, 6) is 2.37. The minimum absolute atomic E-state index is 0. The predicted molar refractivity (Wildman–Crippen MR) is 245 cm³/mol. The summed E-state index contributed by atoms with van der Waals surface area (Å²) in [6.45, 7) is 28.8. The molecule has 0 saturated carbocycles. The maximum atomic E-state index is 11.1. The Balaban J connectivity index is -0.0000000575. The number of rotatable bonds is 22. The van der Waals surface area contributed by atoms with Crippen molar-refractivity contribution >= 4 is 23.8 Å². The highest BCUT2D eigenvalue weighted by Gasteiger charge is 2.02. The van der Waals surface area contributed by atoms with Gasteiger partial charge in [0, 0.05) is 45.9 Å². The van der Waals surface area contributed by atoms with Crippen molar-refractivity contribution in [2.24, 2.45) is 35.1 Å². The Hall–Kier alpha value is -2.28. The molecule has 0 aliphatic rings. The molecule has 0 saturated heterocycles. The Morgan fingerprint density at radius 1 is 0.536 bits per heavy atom. The molecule has 0 aromatic carbocycles. The van der Waals surface area contributed by atoms with Crippen molar-refractivity contribution in [2.45, 2.75) is 201 Å². The molecule has 56 heavy (non-hydrogen) atoms. The molecule has 10 N–H and O–H groups in total. The molecule has 0 radical (unpaired) electrons. The van der Waals surface area contributed by atoms with Gasteiger partial charge in [-0.1, -0.05) is 124 Å². The number of aliphatic hydroxyl groups is 1. The number of hydrogen-bond donors (Lipinski definition) is 6. The third kappa shape index (κ3) is 117. The van der Waals surface area contributed by atoms with Gasteiger partial charge in [0.15, 0.2) is 0 Å². The molecule has 0 heterocycles. The third-order valence-electron chi connectivity index (χ3n) is 6.65. The zero-order chi connectivity index (χ0) is 42.9. The van der Waals surface area contributed by atoms with Crippen LogP contribution in [0.2, 0.25) is 0 Å². The lowest BCUT2D eigenvalue weighted by Crippen LogP contribution is -2.23. The van der Waals surface area contributed by atoms with Crippen LogP contribution in [0.25, 0.3) is 0 Å². The molecular weight excluding hydrogens is 713 g/mol. The zero-order valence-electron chi connectivity index (χ0n) is 38.0. The molecule has 12 nitrogen and oxygen atoms in total. The quantitative estimate of drug-likeness (QED) is 0.0572. The lowest BCUT2D eigenvalue weighted by atomic mass is 10.1. The standard InChI is InChI=1S/2C10H21NO.C8H16O2.C7H14O2.2C3H9N.CH4O.2CH4.H2O/c2*1-4-8-11-10(12)7-5-6-9(2)3;1-7(2)5-4-6-8(9)10-3;1-6(2)4-3-5-7(8)9;2*1-2-3-4;1-2;;;/h2*9H,4-8H2,1-3H3,(H,11,12);7H,4-6H2,1-3H3;6H,3-5H2,1-2H3,(H,8,9);2*2-4H2,1H3;2H,1H3;2*1H4;1H2. The van der Waals surface area contributed by atoms with E-state index in [-0.39, 0.29) is 38.1 Å². The Labute approximate surface area is 349 Å². The topological polar surface area (TPSA) is 226 Å². The Morgan fingerprint density at radius 2 is 0.786 bits per heavy atom. The molecule has 348 valence electrons. The monoisotopic (exact) mass is 817 g/mol. The molecule has 0 spiro atoms. The molecule has 0 unspecified atom stereocenters. The number of esters is 1. The first-order valence-electron chi connectivity index (χ1n) is 20.6. The van der Waals surface area contributed by atoms with E-state index in [1.54, 1.807) is 0 Å². The van der Waals surface area contributed by atoms with Crippen molar-refractivity contribution in [3.05, 3.63) is 0 Å². The van der Waals surface area contributed by atoms with Crippen molar-refractivity contribution in [1.82, 2.24) is 10.6 Å². The van der Waals surface area contributed by atoms with Crippen LogP contribution in [0.5, 0.6) is 0 Å². The summed E-state index contributed by atoms with van der Waals surface area (Å²) in [6, 6.07) is 0. The van der Waals surface area contributed by atoms with Crippen molar-refractivity contribution in [2.75, 3.05) is 40.4 Å². The van der Waals surface area contributed by atoms with Gasteiger partial charge in [0.25, 0.3) is 0 Å². The first-order valence-corrected chi connectivity index (χ1v) is 20.6. The number of carbonyl (C=O) groups excluding carboxylic acids is 3. The van der Waals surface area contributed by atoms with E-state index in [9.17, 15) is 19.2 Å². The van der Waals surface area contributed by atoms with E-state index in [2.05, 4.69) is 98.5 Å². The van der Waals surface area contributed by atoms with Gasteiger partial charge < -0.3 is 42.5 Å². The molecule has 0 rings (SSSR count). The van der Waals surface area contributed by atoms with Crippen LogP contribution in [-0.4, -0.2) is 79.8 Å². The third-order valence-corrected chi connectivity index (χ3v) is 6.65. The fourth-order valence-corrected chi connectivity index (χ4v) is 3.47. The van der Waals surface area contributed by atoms with Crippen LogP contribution in [0.15, 0.2) is 0 Å². The fourth-order valence-electron chi connectivity index (χ4n) is 3.47. The van der Waals surface area contributed by atoms with Crippen LogP contribution >= 0.6 is 0 Å². The summed E-state index contributed by atoms with van der Waals surface area (Å²) in [6.07, 6.45) is 14.7. The van der Waals surface area contributed by atoms with Gasteiger partial charge in [-0.3, -0.25) is 19.2 Å². The minimum atomic E-state index is -0.685. The number of amides is 2. The number of methoxy groups -OCH3 is 1. The molecule has 0 atom stereocenters. The smallest absolute Gasteiger partial charge is 0.305 e. The van der Waals surface area contributed by atoms with E-state index in [0.717, 1.165) is 110 Å². The summed E-state index contributed by atoms with van der Waals surface area (Å²) in [4.78, 5) is 42.7. The second-order valence-corrected chi connectivity index (χ2v) is 14.4. The minimum Gasteiger partial charge on any atom is -0.481 e. The van der Waals surface area contributed by atoms with Crippen LogP contribution in [0.3, 0.4) is 0 Å². The average molecular weight is 817 g/mol. The number of aliphatic hydroxyl groups excluding tert-OH is 1.